The van der Waals surface area contributed by atoms with E-state index in [-0.39, 0.29) is 34.4 Å². The van der Waals surface area contributed by atoms with Gasteiger partial charge in [0, 0.05) is 24.3 Å². The number of imidazole rings is 1. The summed E-state index contributed by atoms with van der Waals surface area (Å²) >= 11 is 0. The average molecular weight is 580 g/mol. The minimum atomic E-state index is -4.67. The summed E-state index contributed by atoms with van der Waals surface area (Å²) in [5, 5.41) is 42.9. The van der Waals surface area contributed by atoms with E-state index < -0.39 is 54.7 Å². The first-order chi connectivity index (χ1) is 18.9. The monoisotopic (exact) mass is 580 g/mol. The smallest absolute Gasteiger partial charge is 0.395 e. The largest absolute Gasteiger partial charge is 0.587 e. The molecule has 0 aliphatic carbocycles. The third kappa shape index (κ3) is 6.00. The molecule has 2 aromatic carbocycles. The van der Waals surface area contributed by atoms with Gasteiger partial charge in [-0.25, -0.2) is 9.55 Å². The van der Waals surface area contributed by atoms with Crippen molar-refractivity contribution in [3.63, 3.8) is 0 Å². The predicted octanol–water partition coefficient (Wildman–Crippen LogP) is 1.28. The first kappa shape index (κ1) is 28.4. The molecule has 1 amide bonds. The molecule has 0 bridgehead atoms. The van der Waals surface area contributed by atoms with Crippen molar-refractivity contribution in [3.05, 3.63) is 80.8 Å². The van der Waals surface area contributed by atoms with E-state index in [2.05, 4.69) is 4.98 Å². The number of amides is 1. The van der Waals surface area contributed by atoms with Crippen LogP contribution in [0.15, 0.2) is 54.9 Å². The lowest BCUT2D eigenvalue weighted by Gasteiger charge is -2.21. The number of nitrogen functional groups attached to an aromatic ring is 1. The SMILES string of the molecule is NC(=O)c1ncn([C@@H]2O[C@H](COP(=O)(Oc3ccc([N+](=O)[O-])cc3)Oc3ccc([N+](=O)[O-])cc3)[C@@H](O)[C@H]2O)c1N. The molecule has 1 aliphatic heterocycles. The number of hydrogen-bond donors (Lipinski definition) is 4. The van der Waals surface area contributed by atoms with Crippen molar-refractivity contribution in [2.24, 2.45) is 5.73 Å². The molecule has 3 aromatic rings. The summed E-state index contributed by atoms with van der Waals surface area (Å²) in [6, 6.07) is 8.83. The molecule has 1 aliphatic rings. The molecule has 0 spiro atoms. The number of non-ortho nitro benzene ring substituents is 2. The number of aliphatic hydroxyl groups is 2. The van der Waals surface area contributed by atoms with E-state index in [0.29, 0.717) is 0 Å². The summed E-state index contributed by atoms with van der Waals surface area (Å²) in [5.74, 6) is -1.49. The van der Waals surface area contributed by atoms with Gasteiger partial charge in [-0.15, -0.1) is 0 Å². The van der Waals surface area contributed by atoms with Gasteiger partial charge in [-0.2, -0.15) is 0 Å². The van der Waals surface area contributed by atoms with Gasteiger partial charge in [-0.05, 0) is 24.3 Å². The minimum Gasteiger partial charge on any atom is -0.395 e. The highest BCUT2D eigenvalue weighted by Gasteiger charge is 2.46. The van der Waals surface area contributed by atoms with Crippen molar-refractivity contribution in [1.82, 2.24) is 9.55 Å². The van der Waals surface area contributed by atoms with Gasteiger partial charge in [0.05, 0.1) is 22.8 Å². The van der Waals surface area contributed by atoms with Crippen molar-refractivity contribution in [2.75, 3.05) is 12.3 Å². The molecule has 4 rings (SSSR count). The molecule has 40 heavy (non-hydrogen) atoms. The van der Waals surface area contributed by atoms with Crippen LogP contribution >= 0.6 is 7.82 Å². The van der Waals surface area contributed by atoms with Crippen LogP contribution in [-0.2, 0) is 13.8 Å². The van der Waals surface area contributed by atoms with E-state index in [4.69, 9.17) is 29.8 Å². The number of phosphoric ester groups is 1. The van der Waals surface area contributed by atoms with Crippen LogP contribution in [0.25, 0.3) is 0 Å². The standard InChI is InChI=1S/C21H21N6O12P/c22-19-16(20(23)30)24-10-25(19)21-18(29)17(28)15(37-21)9-36-40(35,38-13-5-1-11(2-6-13)26(31)32)39-14-7-3-12(4-8-14)27(33)34/h1-8,10,15,17-18,21,28-29H,9,22H2,(H2,23,30)/t15-,17-,18-,21-/m1/s1. The van der Waals surface area contributed by atoms with Gasteiger partial charge < -0.3 is 35.5 Å². The average Bonchev–Trinajstić information content (AvgIpc) is 3.42. The summed E-state index contributed by atoms with van der Waals surface area (Å²) in [5.41, 5.74) is 10.2. The van der Waals surface area contributed by atoms with Crippen LogP contribution in [0.5, 0.6) is 11.5 Å². The highest BCUT2D eigenvalue weighted by molar-refractivity contribution is 7.49. The van der Waals surface area contributed by atoms with Crippen LogP contribution in [-0.4, -0.2) is 60.4 Å². The van der Waals surface area contributed by atoms with Gasteiger partial charge in [0.1, 0.15) is 35.6 Å². The third-order valence-electron chi connectivity index (χ3n) is 5.60. The van der Waals surface area contributed by atoms with Crippen molar-refractivity contribution < 1.29 is 47.7 Å². The van der Waals surface area contributed by atoms with Gasteiger partial charge in [0.15, 0.2) is 11.9 Å². The summed E-state index contributed by atoms with van der Waals surface area (Å²) < 4.78 is 36.4. The minimum absolute atomic E-state index is 0.160. The molecule has 0 saturated carbocycles. The zero-order chi connectivity index (χ0) is 29.2. The number of benzene rings is 2. The Kier molecular flexibility index (Phi) is 7.98. The van der Waals surface area contributed by atoms with Gasteiger partial charge >= 0.3 is 7.82 Å². The lowest BCUT2D eigenvalue weighted by molar-refractivity contribution is -0.385. The van der Waals surface area contributed by atoms with E-state index in [0.717, 1.165) is 59.4 Å². The van der Waals surface area contributed by atoms with Crippen molar-refractivity contribution in [2.45, 2.75) is 24.5 Å². The number of rotatable bonds is 11. The number of aliphatic hydroxyl groups excluding tert-OH is 2. The number of ether oxygens (including phenoxy) is 1. The Labute approximate surface area is 223 Å². The van der Waals surface area contributed by atoms with Crippen LogP contribution in [0.3, 0.4) is 0 Å². The van der Waals surface area contributed by atoms with Crippen LogP contribution in [0.2, 0.25) is 0 Å². The number of aromatic nitrogens is 2. The Morgan fingerprint density at radius 3 is 1.93 bits per heavy atom. The molecule has 1 fully saturated rings. The fourth-order valence-electron chi connectivity index (χ4n) is 3.61. The van der Waals surface area contributed by atoms with Crippen LogP contribution in [0.1, 0.15) is 16.7 Å². The molecule has 6 N–H and O–H groups in total. The highest BCUT2D eigenvalue weighted by Crippen LogP contribution is 2.50. The van der Waals surface area contributed by atoms with E-state index in [1.54, 1.807) is 0 Å². The Balaban J connectivity index is 1.54. The molecule has 0 unspecified atom stereocenters. The van der Waals surface area contributed by atoms with E-state index >= 15 is 0 Å². The molecule has 2 heterocycles. The van der Waals surface area contributed by atoms with E-state index in [1.807, 2.05) is 0 Å². The maximum absolute atomic E-state index is 13.6. The number of phosphoric acid groups is 1. The first-order valence-electron chi connectivity index (χ1n) is 11.1. The lowest BCUT2D eigenvalue weighted by Crippen LogP contribution is -2.34. The summed E-state index contributed by atoms with van der Waals surface area (Å²) in [7, 11) is -4.67. The number of hydrogen-bond acceptors (Lipinski definition) is 14. The van der Waals surface area contributed by atoms with Gasteiger partial charge in [-0.3, -0.25) is 34.1 Å². The maximum atomic E-state index is 13.6. The summed E-state index contributed by atoms with van der Waals surface area (Å²) in [6.07, 6.45) is -4.82. The molecule has 1 saturated heterocycles. The Morgan fingerprint density at radius 1 is 1.00 bits per heavy atom. The summed E-state index contributed by atoms with van der Waals surface area (Å²) in [4.78, 5) is 35.7. The van der Waals surface area contributed by atoms with E-state index in [9.17, 15) is 39.8 Å². The third-order valence-corrected chi connectivity index (χ3v) is 6.94. The van der Waals surface area contributed by atoms with Crippen LogP contribution < -0.4 is 20.5 Å². The number of nitrogens with two attached hydrogens (primary N) is 2. The topological polar surface area (TPSA) is 268 Å². The second-order valence-electron chi connectivity index (χ2n) is 8.22. The van der Waals surface area contributed by atoms with Crippen LogP contribution in [0.4, 0.5) is 17.2 Å². The molecule has 1 aromatic heterocycles. The van der Waals surface area contributed by atoms with Gasteiger partial charge in [-0.1, -0.05) is 0 Å². The number of carbonyl (C=O) groups excluding carboxylic acids is 1. The second kappa shape index (κ2) is 11.2. The molecule has 18 nitrogen and oxygen atoms in total. The normalized spacial score (nSPS) is 20.6. The predicted molar refractivity (Wildman–Crippen MR) is 132 cm³/mol. The zero-order valence-electron chi connectivity index (χ0n) is 20.1. The number of nitro groups is 2. The quantitative estimate of drug-likeness (QED) is 0.141. The number of nitro benzene ring substituents is 2. The molecular weight excluding hydrogens is 559 g/mol. The molecule has 19 heteroatoms. The fraction of sp³-hybridized carbons (Fsp3) is 0.238. The molecule has 0 radical (unpaired) electrons. The fourth-order valence-corrected chi connectivity index (χ4v) is 4.84. The van der Waals surface area contributed by atoms with Crippen molar-refractivity contribution >= 4 is 30.9 Å². The van der Waals surface area contributed by atoms with Gasteiger partial charge in [0.25, 0.3) is 17.3 Å². The van der Waals surface area contributed by atoms with Gasteiger partial charge in [0.2, 0.25) is 0 Å². The van der Waals surface area contributed by atoms with Crippen LogP contribution in [0, 0.1) is 20.2 Å². The van der Waals surface area contributed by atoms with E-state index in [1.165, 1.54) is 0 Å². The Bertz CT molecular complexity index is 1400. The number of anilines is 1. The highest BCUT2D eigenvalue weighted by atomic mass is 31.2. The molecule has 4 atom stereocenters. The molecular formula is C21H21N6O12P. The molecule has 212 valence electrons. The lowest BCUT2D eigenvalue weighted by atomic mass is 10.1. The maximum Gasteiger partial charge on any atom is 0.587 e. The van der Waals surface area contributed by atoms with Crippen molar-refractivity contribution in [3.8, 4) is 11.5 Å². The Hall–Kier alpha value is -4.61. The number of nitrogens with zero attached hydrogens (tertiary/aromatic N) is 4. The number of carbonyl (C=O) groups is 1. The number of primary amides is 1. The second-order valence-corrected chi connectivity index (χ2v) is 9.74. The summed E-state index contributed by atoms with van der Waals surface area (Å²) in [6.45, 7) is -0.691. The first-order valence-corrected chi connectivity index (χ1v) is 12.6. The Morgan fingerprint density at radius 2 is 1.50 bits per heavy atom. The zero-order valence-corrected chi connectivity index (χ0v) is 21.0. The van der Waals surface area contributed by atoms with Crippen molar-refractivity contribution in [1.29, 1.82) is 0 Å².